The van der Waals surface area contributed by atoms with Crippen molar-refractivity contribution in [3.8, 4) is 0 Å². The molecule has 6 nitrogen and oxygen atoms in total. The third-order valence-corrected chi connectivity index (χ3v) is 4.86. The predicted molar refractivity (Wildman–Crippen MR) is 101 cm³/mol. The van der Waals surface area contributed by atoms with Gasteiger partial charge in [-0.25, -0.2) is 4.39 Å². The number of carbonyl (C=O) groups excluding carboxylic acids is 2. The Morgan fingerprint density at radius 1 is 1.04 bits per heavy atom. The Morgan fingerprint density at radius 3 is 2.29 bits per heavy atom. The van der Waals surface area contributed by atoms with E-state index in [1.54, 1.807) is 47.4 Å². The maximum Gasteiger partial charge on any atom is 0.306 e. The molecule has 2 aromatic carbocycles. The number of carboxylic acid groups (broad SMARTS) is 1. The number of carbonyl (C=O) groups is 3. The van der Waals surface area contributed by atoms with Gasteiger partial charge in [0.25, 0.3) is 5.91 Å². The van der Waals surface area contributed by atoms with Crippen LogP contribution < -0.4 is 5.32 Å². The van der Waals surface area contributed by atoms with Gasteiger partial charge in [0, 0.05) is 24.3 Å². The number of anilines is 1. The van der Waals surface area contributed by atoms with E-state index in [2.05, 4.69) is 5.32 Å². The number of hydrogen-bond acceptors (Lipinski definition) is 3. The van der Waals surface area contributed by atoms with E-state index in [-0.39, 0.29) is 18.2 Å². The molecular formula is C21H21FN2O4. The molecule has 0 aliphatic carbocycles. The van der Waals surface area contributed by atoms with Crippen molar-refractivity contribution in [2.75, 3.05) is 18.4 Å². The Bertz CT molecular complexity index is 874. The summed E-state index contributed by atoms with van der Waals surface area (Å²) in [7, 11) is 0. The number of nitrogens with one attached hydrogen (secondary N) is 1. The second-order valence-corrected chi connectivity index (χ2v) is 6.80. The normalized spacial score (nSPS) is 14.5. The lowest BCUT2D eigenvalue weighted by atomic mass is 9.96. The average Bonchev–Trinajstić information content (AvgIpc) is 2.70. The van der Waals surface area contributed by atoms with Crippen LogP contribution in [-0.2, 0) is 16.0 Å². The van der Waals surface area contributed by atoms with Gasteiger partial charge in [0.2, 0.25) is 5.91 Å². The summed E-state index contributed by atoms with van der Waals surface area (Å²) in [6.07, 6.45) is 0.822. The highest BCUT2D eigenvalue weighted by atomic mass is 19.1. The van der Waals surface area contributed by atoms with Gasteiger partial charge in [-0.2, -0.15) is 0 Å². The number of hydrogen-bond donors (Lipinski definition) is 2. The van der Waals surface area contributed by atoms with Crippen molar-refractivity contribution in [2.24, 2.45) is 5.92 Å². The first-order chi connectivity index (χ1) is 13.4. The Hall–Kier alpha value is -3.22. The molecule has 7 heteroatoms. The molecule has 2 N–H and O–H groups in total. The first kappa shape index (κ1) is 19.5. The third-order valence-electron chi connectivity index (χ3n) is 4.86. The number of rotatable bonds is 5. The van der Waals surface area contributed by atoms with Crippen LogP contribution in [0.1, 0.15) is 28.8 Å². The minimum absolute atomic E-state index is 0.0775. The molecule has 1 aliphatic heterocycles. The molecule has 0 atom stereocenters. The molecule has 28 heavy (non-hydrogen) atoms. The summed E-state index contributed by atoms with van der Waals surface area (Å²) in [5.74, 6) is -2.14. The minimum atomic E-state index is -0.817. The first-order valence-electron chi connectivity index (χ1n) is 9.09. The van der Waals surface area contributed by atoms with E-state index >= 15 is 0 Å². The monoisotopic (exact) mass is 384 g/mol. The molecule has 1 aliphatic rings. The van der Waals surface area contributed by atoms with Gasteiger partial charge in [0.05, 0.1) is 12.3 Å². The van der Waals surface area contributed by atoms with Crippen molar-refractivity contribution in [1.82, 2.24) is 4.90 Å². The molecule has 1 heterocycles. The van der Waals surface area contributed by atoms with Gasteiger partial charge >= 0.3 is 5.97 Å². The van der Waals surface area contributed by atoms with E-state index in [0.29, 0.717) is 42.7 Å². The van der Waals surface area contributed by atoms with Crippen molar-refractivity contribution in [3.05, 3.63) is 65.5 Å². The highest BCUT2D eigenvalue weighted by Gasteiger charge is 2.27. The van der Waals surface area contributed by atoms with Crippen molar-refractivity contribution in [2.45, 2.75) is 19.3 Å². The summed E-state index contributed by atoms with van der Waals surface area (Å²) < 4.78 is 13.6. The zero-order valence-corrected chi connectivity index (χ0v) is 15.2. The van der Waals surface area contributed by atoms with E-state index in [4.69, 9.17) is 5.11 Å². The zero-order valence-electron chi connectivity index (χ0n) is 15.2. The fraction of sp³-hybridized carbons (Fsp3) is 0.286. The fourth-order valence-corrected chi connectivity index (χ4v) is 3.23. The number of halogens is 1. The topological polar surface area (TPSA) is 86.7 Å². The van der Waals surface area contributed by atoms with Gasteiger partial charge in [0.15, 0.2) is 0 Å². The summed E-state index contributed by atoms with van der Waals surface area (Å²) in [5.41, 5.74) is 1.31. The van der Waals surface area contributed by atoms with Crippen LogP contribution in [-0.4, -0.2) is 40.9 Å². The number of amides is 2. The van der Waals surface area contributed by atoms with E-state index in [0.717, 1.165) is 0 Å². The molecule has 0 unspecified atom stereocenters. The summed E-state index contributed by atoms with van der Waals surface area (Å²) in [4.78, 5) is 37.3. The van der Waals surface area contributed by atoms with Crippen molar-refractivity contribution < 1.29 is 23.9 Å². The summed E-state index contributed by atoms with van der Waals surface area (Å²) in [6, 6.07) is 12.6. The molecular weight excluding hydrogens is 363 g/mol. The van der Waals surface area contributed by atoms with Crippen LogP contribution in [0.2, 0.25) is 0 Å². The number of piperidine rings is 1. The molecule has 1 saturated heterocycles. The van der Waals surface area contributed by atoms with Gasteiger partial charge in [-0.1, -0.05) is 18.2 Å². The van der Waals surface area contributed by atoms with Gasteiger partial charge in [0.1, 0.15) is 5.82 Å². The second kappa shape index (κ2) is 8.65. The predicted octanol–water partition coefficient (Wildman–Crippen LogP) is 2.94. The first-order valence-corrected chi connectivity index (χ1v) is 9.09. The van der Waals surface area contributed by atoms with Crippen LogP contribution in [0.25, 0.3) is 0 Å². The molecule has 0 radical (unpaired) electrons. The summed E-state index contributed by atoms with van der Waals surface area (Å²) >= 11 is 0. The van der Waals surface area contributed by atoms with Crippen LogP contribution in [0.3, 0.4) is 0 Å². The van der Waals surface area contributed by atoms with E-state index in [1.165, 1.54) is 6.07 Å². The van der Waals surface area contributed by atoms with Gasteiger partial charge < -0.3 is 15.3 Å². The van der Waals surface area contributed by atoms with E-state index in [1.807, 2.05) is 0 Å². The van der Waals surface area contributed by atoms with Crippen LogP contribution in [0.4, 0.5) is 10.1 Å². The number of benzene rings is 2. The lowest BCUT2D eigenvalue weighted by Crippen LogP contribution is -2.40. The molecule has 0 aromatic heterocycles. The van der Waals surface area contributed by atoms with Crippen molar-refractivity contribution >= 4 is 23.5 Å². The minimum Gasteiger partial charge on any atom is -0.481 e. The van der Waals surface area contributed by atoms with Crippen molar-refractivity contribution in [3.63, 3.8) is 0 Å². The van der Waals surface area contributed by atoms with Gasteiger partial charge in [-0.15, -0.1) is 0 Å². The van der Waals surface area contributed by atoms with Crippen LogP contribution in [0.15, 0.2) is 48.5 Å². The largest absolute Gasteiger partial charge is 0.481 e. The lowest BCUT2D eigenvalue weighted by Gasteiger charge is -2.30. The van der Waals surface area contributed by atoms with Crippen LogP contribution >= 0.6 is 0 Å². The summed E-state index contributed by atoms with van der Waals surface area (Å²) in [5, 5.41) is 11.7. The van der Waals surface area contributed by atoms with Crippen molar-refractivity contribution in [1.29, 1.82) is 0 Å². The van der Waals surface area contributed by atoms with E-state index in [9.17, 15) is 18.8 Å². The molecule has 0 bridgehead atoms. The molecule has 2 aromatic rings. The highest BCUT2D eigenvalue weighted by molar-refractivity contribution is 5.96. The molecule has 146 valence electrons. The highest BCUT2D eigenvalue weighted by Crippen LogP contribution is 2.20. The van der Waals surface area contributed by atoms with E-state index < -0.39 is 17.7 Å². The SMILES string of the molecule is O=C(Cc1ccccc1F)Nc1ccc(C(=O)N2CCC(C(=O)O)CC2)cc1. The maximum absolute atomic E-state index is 13.6. The molecule has 1 fully saturated rings. The molecule has 0 saturated carbocycles. The maximum atomic E-state index is 13.6. The Morgan fingerprint density at radius 2 is 1.68 bits per heavy atom. The third kappa shape index (κ3) is 4.73. The molecule has 0 spiro atoms. The van der Waals surface area contributed by atoms with Crippen LogP contribution in [0, 0.1) is 11.7 Å². The Kier molecular flexibility index (Phi) is 6.03. The van der Waals surface area contributed by atoms with Gasteiger partial charge in [-0.05, 0) is 48.7 Å². The number of aliphatic carboxylic acids is 1. The average molecular weight is 384 g/mol. The van der Waals surface area contributed by atoms with Gasteiger partial charge in [-0.3, -0.25) is 14.4 Å². The standard InChI is InChI=1S/C21H21FN2O4/c22-18-4-2-1-3-16(18)13-19(25)23-17-7-5-14(6-8-17)20(26)24-11-9-15(10-12-24)21(27)28/h1-8,15H,9-13H2,(H,23,25)(H,27,28). The molecule has 2 amide bonds. The zero-order chi connectivity index (χ0) is 20.1. The number of likely N-dealkylation sites (tertiary alicyclic amines) is 1. The number of carboxylic acids is 1. The lowest BCUT2D eigenvalue weighted by molar-refractivity contribution is -0.143. The molecule has 3 rings (SSSR count). The smallest absolute Gasteiger partial charge is 0.306 e. The second-order valence-electron chi connectivity index (χ2n) is 6.80. The van der Waals surface area contributed by atoms with Crippen LogP contribution in [0.5, 0.6) is 0 Å². The summed E-state index contributed by atoms with van der Waals surface area (Å²) in [6.45, 7) is 0.827. The number of nitrogens with zero attached hydrogens (tertiary/aromatic N) is 1. The Balaban J connectivity index is 1.56. The quantitative estimate of drug-likeness (QED) is 0.830. The fourth-order valence-electron chi connectivity index (χ4n) is 3.23. The Labute approximate surface area is 162 Å².